The number of hydrogen-bond acceptors (Lipinski definition) is 12. The first-order valence-electron chi connectivity index (χ1n) is 13.9. The summed E-state index contributed by atoms with van der Waals surface area (Å²) in [4.78, 5) is 72.6. The molecule has 10 N–H and O–H groups in total. The molecule has 2 aromatic rings. The van der Waals surface area contributed by atoms with E-state index in [1.54, 1.807) is 0 Å². The molecule has 2 heterocycles. The molecule has 2 aliphatic carbocycles. The zero-order chi connectivity index (χ0) is 33.9. The molecule has 2 fully saturated rings. The predicted molar refractivity (Wildman–Crippen MR) is 150 cm³/mol. The van der Waals surface area contributed by atoms with Crippen LogP contribution < -0.4 is 0 Å². The number of rotatable bonds is 11. The van der Waals surface area contributed by atoms with Crippen LogP contribution in [0.25, 0.3) is 0 Å². The van der Waals surface area contributed by atoms with Crippen molar-refractivity contribution in [2.75, 3.05) is 0 Å². The van der Waals surface area contributed by atoms with Crippen molar-refractivity contribution in [2.24, 2.45) is 5.92 Å². The molecule has 0 radical (unpaired) electrons. The minimum atomic E-state index is -5.54. The van der Waals surface area contributed by atoms with Crippen LogP contribution in [0.3, 0.4) is 0 Å². The van der Waals surface area contributed by atoms with Gasteiger partial charge < -0.3 is 58.2 Å². The highest BCUT2D eigenvalue weighted by molar-refractivity contribution is 7.72. The Morgan fingerprint density at radius 2 is 0.933 bits per heavy atom. The summed E-state index contributed by atoms with van der Waals surface area (Å²) in [6, 6.07) is 0. The average Bonchev–Trinajstić information content (AvgIpc) is 3.57. The lowest BCUT2D eigenvalue weighted by Crippen LogP contribution is -2.31. The van der Waals surface area contributed by atoms with Crippen molar-refractivity contribution in [3.63, 3.8) is 0 Å². The number of aromatic nitrogens is 4. The van der Waals surface area contributed by atoms with Crippen LogP contribution in [-0.2, 0) is 37.5 Å². The molecule has 0 atom stereocenters. The molecule has 0 amide bonds. The van der Waals surface area contributed by atoms with Crippen molar-refractivity contribution >= 4 is 30.4 Å². The van der Waals surface area contributed by atoms with E-state index in [2.05, 4.69) is 20.4 Å². The molecular weight excluding hydrogens is 688 g/mol. The maximum absolute atomic E-state index is 11.3. The van der Waals surface area contributed by atoms with Crippen LogP contribution in [0.1, 0.15) is 93.7 Å². The first-order chi connectivity index (χ1) is 20.6. The lowest BCUT2D eigenvalue weighted by molar-refractivity contribution is 0.123. The number of aliphatic hydroxyl groups is 2. The highest BCUT2D eigenvalue weighted by Crippen LogP contribution is 2.69. The van der Waals surface area contributed by atoms with Crippen molar-refractivity contribution in [2.45, 2.75) is 99.6 Å². The largest absolute Gasteiger partial charge is 0.425 e. The Morgan fingerprint density at radius 3 is 1.38 bits per heavy atom. The van der Waals surface area contributed by atoms with Gasteiger partial charge in [-0.05, 0) is 31.6 Å². The van der Waals surface area contributed by atoms with Crippen LogP contribution in [0, 0.1) is 5.92 Å². The van der Waals surface area contributed by atoms with Gasteiger partial charge in [-0.2, -0.15) is 0 Å². The summed E-state index contributed by atoms with van der Waals surface area (Å²) >= 11 is 0. The fraction of sp³-hybridized carbons (Fsp3) is 0.810. The van der Waals surface area contributed by atoms with Gasteiger partial charge in [0.15, 0.2) is 0 Å². The Hall–Kier alpha value is -1.20. The Labute approximate surface area is 256 Å². The highest BCUT2D eigenvalue weighted by atomic mass is 31.2. The van der Waals surface area contributed by atoms with Gasteiger partial charge in [-0.3, -0.25) is 18.3 Å². The first kappa shape index (κ1) is 38.2. The van der Waals surface area contributed by atoms with Gasteiger partial charge in [0.2, 0.25) is 23.6 Å². The van der Waals surface area contributed by atoms with Gasteiger partial charge in [-0.1, -0.05) is 38.5 Å². The van der Waals surface area contributed by atoms with Crippen molar-refractivity contribution in [1.29, 1.82) is 0 Å². The van der Waals surface area contributed by atoms with E-state index in [4.69, 9.17) is 48.0 Å². The quantitative estimate of drug-likeness (QED) is 0.146. The molecule has 4 rings (SSSR count). The molecule has 258 valence electrons. The fourth-order valence-corrected chi connectivity index (χ4v) is 9.17. The Morgan fingerprint density at radius 1 is 0.556 bits per heavy atom. The monoisotopic (exact) mass is 726 g/mol. The summed E-state index contributed by atoms with van der Waals surface area (Å²) in [6.45, 7) is 0. The van der Waals surface area contributed by atoms with Crippen LogP contribution in [-0.4, -0.2) is 79.9 Å². The van der Waals surface area contributed by atoms with Crippen LogP contribution in [0.2, 0.25) is 0 Å². The second kappa shape index (κ2) is 14.5. The van der Waals surface area contributed by atoms with Crippen LogP contribution in [0.4, 0.5) is 0 Å². The Bertz CT molecular complexity index is 1420. The Balaban J connectivity index is 0.000000246. The van der Waals surface area contributed by atoms with Gasteiger partial charge in [0.1, 0.15) is 0 Å². The summed E-state index contributed by atoms with van der Waals surface area (Å²) < 4.78 is 55.6. The van der Waals surface area contributed by atoms with E-state index in [1.165, 1.54) is 6.42 Å². The molecule has 2 saturated carbocycles. The van der Waals surface area contributed by atoms with Crippen molar-refractivity contribution in [3.8, 4) is 0 Å². The summed E-state index contributed by atoms with van der Waals surface area (Å²) in [5, 5.41) is 27.0. The molecule has 2 aliphatic rings. The zero-order valence-electron chi connectivity index (χ0n) is 23.8. The fourth-order valence-electron chi connectivity index (χ4n) is 5.09. The molecule has 2 aromatic heterocycles. The Kier molecular flexibility index (Phi) is 12.3. The molecule has 24 heteroatoms. The van der Waals surface area contributed by atoms with Crippen molar-refractivity contribution < 1.29 is 76.5 Å². The van der Waals surface area contributed by atoms with E-state index in [-0.39, 0.29) is 17.7 Å². The summed E-state index contributed by atoms with van der Waals surface area (Å²) in [5.41, 5.74) is 0. The van der Waals surface area contributed by atoms with Crippen LogP contribution in [0.15, 0.2) is 8.83 Å². The summed E-state index contributed by atoms with van der Waals surface area (Å²) in [5.74, 6) is 0.0338. The molecule has 45 heavy (non-hydrogen) atoms. The smallest absolute Gasteiger partial charge is 0.370 e. The maximum Gasteiger partial charge on any atom is 0.370 e. The van der Waals surface area contributed by atoms with Crippen molar-refractivity contribution in [1.82, 2.24) is 20.4 Å². The molecule has 0 aliphatic heterocycles. The summed E-state index contributed by atoms with van der Waals surface area (Å²) in [7, 11) is -22.1. The highest BCUT2D eigenvalue weighted by Gasteiger charge is 2.61. The number of nitrogens with zero attached hydrogens (tertiary/aromatic N) is 4. The molecule has 0 spiro atoms. The minimum absolute atomic E-state index is 0.0215. The van der Waals surface area contributed by atoms with E-state index in [0.29, 0.717) is 12.3 Å². The van der Waals surface area contributed by atoms with E-state index in [9.17, 15) is 28.5 Å². The molecule has 0 aromatic carbocycles. The molecule has 0 bridgehead atoms. The molecule has 0 unspecified atom stereocenters. The zero-order valence-corrected chi connectivity index (χ0v) is 27.4. The van der Waals surface area contributed by atoms with Crippen LogP contribution >= 0.6 is 30.4 Å². The van der Waals surface area contributed by atoms with Gasteiger partial charge in [0.05, 0.1) is 12.8 Å². The minimum Gasteiger partial charge on any atom is -0.425 e. The van der Waals surface area contributed by atoms with Gasteiger partial charge in [0, 0.05) is 12.3 Å². The summed E-state index contributed by atoms with van der Waals surface area (Å²) in [6.07, 6.45) is 8.47. The third-order valence-electron chi connectivity index (χ3n) is 7.78. The SMILES string of the molecule is O=P(O)(O)C(O)(Cc1nnc(C2CCCCC2)o1)P(=O)(O)O.O=P(O)(O)C(O)(Cc1nnc(CC2CCCCC2)o1)P(=O)(O)O. The van der Waals surface area contributed by atoms with Gasteiger partial charge >= 0.3 is 30.4 Å². The predicted octanol–water partition coefficient (Wildman–Crippen LogP) is 1.40. The van der Waals surface area contributed by atoms with Gasteiger partial charge in [-0.25, -0.2) is 0 Å². The van der Waals surface area contributed by atoms with E-state index in [1.807, 2.05) is 0 Å². The molecule has 20 nitrogen and oxygen atoms in total. The van der Waals surface area contributed by atoms with E-state index >= 15 is 0 Å². The second-order valence-electron chi connectivity index (χ2n) is 11.2. The van der Waals surface area contributed by atoms with Gasteiger partial charge in [0.25, 0.3) is 10.2 Å². The number of hydrogen-bond donors (Lipinski definition) is 10. The standard InChI is InChI=1S/C11H20N2O8P2.C10H18N2O8P2/c14-11(22(15,16)17,23(18,19)20)7-10-13-12-9(21-10)6-8-4-2-1-3-5-8;13-10(21(14,15)16,22(17,18)19)6-8-11-12-9(20-8)7-4-2-1-3-5-7/h8,14H,1-7H2,(H2,15,16,17)(H2,18,19,20);7,13H,1-6H2,(H2,14,15,16)(H2,17,18,19). The maximum atomic E-state index is 11.3. The topological polar surface area (TPSA) is 348 Å². The lowest BCUT2D eigenvalue weighted by atomic mass is 9.87. The second-order valence-corrected chi connectivity index (χ2v) is 19.3. The normalized spacial score (nSPS) is 18.4. The molecule has 0 saturated heterocycles. The van der Waals surface area contributed by atoms with E-state index < -0.39 is 65.2 Å². The van der Waals surface area contributed by atoms with Crippen molar-refractivity contribution in [3.05, 3.63) is 23.6 Å². The average molecular weight is 726 g/mol. The van der Waals surface area contributed by atoms with Gasteiger partial charge in [-0.15, -0.1) is 20.4 Å². The molecular formula is C21H38N4O16P4. The lowest BCUT2D eigenvalue weighted by Gasteiger charge is -2.27. The third kappa shape index (κ3) is 9.46. The van der Waals surface area contributed by atoms with E-state index in [0.717, 1.165) is 57.8 Å². The third-order valence-corrected chi connectivity index (χ3v) is 15.3. The van der Waals surface area contributed by atoms with Crippen LogP contribution in [0.5, 0.6) is 0 Å². The first-order valence-corrected chi connectivity index (χ1v) is 20.3.